The highest BCUT2D eigenvalue weighted by Gasteiger charge is 1.96. The molecule has 0 aromatic carbocycles. The number of hydrogen-bond acceptors (Lipinski definition) is 2. The van der Waals surface area contributed by atoms with Gasteiger partial charge in [-0.25, -0.2) is 4.98 Å². The molecule has 1 rings (SSSR count). The number of rotatable bonds is 1. The summed E-state index contributed by atoms with van der Waals surface area (Å²) >= 11 is 5.56. The molecule has 56 valence electrons. The molecule has 0 aliphatic heterocycles. The minimum atomic E-state index is 0.331. The summed E-state index contributed by atoms with van der Waals surface area (Å²) in [6.45, 7) is 1.80. The smallest absolute Gasteiger partial charge is 0.129 e. The van der Waals surface area contributed by atoms with Crippen LogP contribution in [0, 0.1) is 6.92 Å². The van der Waals surface area contributed by atoms with Crippen LogP contribution in [0.1, 0.15) is 5.56 Å². The molecule has 0 N–H and O–H groups in total. The first-order valence-electron chi connectivity index (χ1n) is 2.91. The molecule has 0 spiro atoms. The second-order valence-corrected chi connectivity index (χ2v) is 2.37. The summed E-state index contributed by atoms with van der Waals surface area (Å²) in [5, 5.41) is 3.75. The number of aryl methyl sites for hydroxylation is 1. The maximum Gasteiger partial charge on any atom is 0.129 e. The van der Waals surface area contributed by atoms with E-state index >= 15 is 0 Å². The molecule has 0 bridgehead atoms. The average molecular weight is 169 g/mol. The van der Waals surface area contributed by atoms with Gasteiger partial charge in [0, 0.05) is 16.8 Å². The monoisotopic (exact) mass is 168 g/mol. The standard InChI is InChI=1S/C6H5ClN4/c1-4-3-9-6(7)2-5(4)10-11-8/h2-3H,1H3. The maximum atomic E-state index is 8.13. The fourth-order valence-electron chi connectivity index (χ4n) is 0.644. The van der Waals surface area contributed by atoms with Crippen molar-refractivity contribution >= 4 is 17.3 Å². The molecule has 11 heavy (non-hydrogen) atoms. The highest BCUT2D eigenvalue weighted by Crippen LogP contribution is 2.20. The lowest BCUT2D eigenvalue weighted by molar-refractivity contribution is 1.24. The molecular weight excluding hydrogens is 164 g/mol. The number of hydrogen-bond donors (Lipinski definition) is 0. The van der Waals surface area contributed by atoms with Crippen LogP contribution in [-0.4, -0.2) is 4.98 Å². The Morgan fingerprint density at radius 3 is 3.09 bits per heavy atom. The highest BCUT2D eigenvalue weighted by atomic mass is 35.5. The first-order chi connectivity index (χ1) is 5.24. The zero-order valence-corrected chi connectivity index (χ0v) is 6.58. The third-order valence-corrected chi connectivity index (χ3v) is 1.40. The molecule has 1 aromatic heterocycles. The zero-order chi connectivity index (χ0) is 8.27. The first-order valence-corrected chi connectivity index (χ1v) is 3.29. The molecule has 0 fully saturated rings. The van der Waals surface area contributed by atoms with Gasteiger partial charge in [0.1, 0.15) is 5.15 Å². The van der Waals surface area contributed by atoms with Crippen molar-refractivity contribution in [1.82, 2.24) is 4.98 Å². The predicted molar refractivity (Wildman–Crippen MR) is 42.8 cm³/mol. The van der Waals surface area contributed by atoms with Crippen LogP contribution >= 0.6 is 11.6 Å². The number of azide groups is 1. The minimum absolute atomic E-state index is 0.331. The van der Waals surface area contributed by atoms with E-state index in [9.17, 15) is 0 Å². The molecule has 0 radical (unpaired) electrons. The Morgan fingerprint density at radius 1 is 1.73 bits per heavy atom. The van der Waals surface area contributed by atoms with Gasteiger partial charge >= 0.3 is 0 Å². The van der Waals surface area contributed by atoms with E-state index in [1.807, 2.05) is 0 Å². The third kappa shape index (κ3) is 1.83. The lowest BCUT2D eigenvalue weighted by Gasteiger charge is -1.96. The van der Waals surface area contributed by atoms with Gasteiger partial charge in [0.25, 0.3) is 0 Å². The highest BCUT2D eigenvalue weighted by molar-refractivity contribution is 6.29. The van der Waals surface area contributed by atoms with Crippen LogP contribution in [-0.2, 0) is 0 Å². The lowest BCUT2D eigenvalue weighted by atomic mass is 10.3. The molecule has 5 heteroatoms. The van der Waals surface area contributed by atoms with Crippen molar-refractivity contribution in [2.75, 3.05) is 0 Å². The van der Waals surface area contributed by atoms with Gasteiger partial charge in [-0.2, -0.15) is 0 Å². The van der Waals surface area contributed by atoms with Crippen LogP contribution in [0.5, 0.6) is 0 Å². The topological polar surface area (TPSA) is 61.7 Å². The molecular formula is C6H5ClN4. The number of aromatic nitrogens is 1. The van der Waals surface area contributed by atoms with E-state index in [2.05, 4.69) is 15.0 Å². The average Bonchev–Trinajstić information content (AvgIpc) is 1.98. The number of nitrogens with zero attached hydrogens (tertiary/aromatic N) is 4. The molecule has 0 atom stereocenters. The van der Waals surface area contributed by atoms with Crippen LogP contribution in [0.25, 0.3) is 10.4 Å². The first kappa shape index (κ1) is 7.85. The van der Waals surface area contributed by atoms with E-state index in [-0.39, 0.29) is 0 Å². The van der Waals surface area contributed by atoms with Gasteiger partial charge in [0.2, 0.25) is 0 Å². The van der Waals surface area contributed by atoms with E-state index in [1.54, 1.807) is 13.1 Å². The van der Waals surface area contributed by atoms with Gasteiger partial charge in [-0.3, -0.25) is 0 Å². The fourth-order valence-corrected chi connectivity index (χ4v) is 0.797. The molecule has 0 saturated heterocycles. The minimum Gasteiger partial charge on any atom is -0.244 e. The summed E-state index contributed by atoms with van der Waals surface area (Å²) in [5.41, 5.74) is 9.46. The van der Waals surface area contributed by atoms with Crippen molar-refractivity contribution in [3.05, 3.63) is 33.4 Å². The Hall–Kier alpha value is -1.25. The Balaban J connectivity index is 3.22. The van der Waals surface area contributed by atoms with Crippen molar-refractivity contribution in [2.24, 2.45) is 5.11 Å². The van der Waals surface area contributed by atoms with Crippen molar-refractivity contribution in [2.45, 2.75) is 6.92 Å². The Kier molecular flexibility index (Phi) is 2.31. The van der Waals surface area contributed by atoms with Gasteiger partial charge in [-0.15, -0.1) is 0 Å². The second kappa shape index (κ2) is 3.23. The van der Waals surface area contributed by atoms with Crippen molar-refractivity contribution in [3.63, 3.8) is 0 Å². The van der Waals surface area contributed by atoms with Crippen molar-refractivity contribution < 1.29 is 0 Å². The van der Waals surface area contributed by atoms with Crippen LogP contribution in [0.4, 0.5) is 5.69 Å². The molecule has 0 saturated carbocycles. The van der Waals surface area contributed by atoms with E-state index in [0.29, 0.717) is 10.8 Å². The summed E-state index contributed by atoms with van der Waals surface area (Å²) in [6.07, 6.45) is 1.56. The molecule has 0 amide bonds. The molecule has 0 aliphatic carbocycles. The summed E-state index contributed by atoms with van der Waals surface area (Å²) in [4.78, 5) is 6.45. The van der Waals surface area contributed by atoms with Crippen LogP contribution < -0.4 is 0 Å². The van der Waals surface area contributed by atoms with E-state index < -0.39 is 0 Å². The second-order valence-electron chi connectivity index (χ2n) is 1.98. The normalized spacial score (nSPS) is 8.91. The Labute approximate surface area is 68.5 Å². The summed E-state index contributed by atoms with van der Waals surface area (Å²) in [5.74, 6) is 0. The van der Waals surface area contributed by atoms with Crippen molar-refractivity contribution in [3.8, 4) is 0 Å². The molecule has 1 aromatic rings. The zero-order valence-electron chi connectivity index (χ0n) is 5.82. The van der Waals surface area contributed by atoms with Crippen LogP contribution in [0.3, 0.4) is 0 Å². The van der Waals surface area contributed by atoms with E-state index in [1.165, 1.54) is 6.07 Å². The quantitative estimate of drug-likeness (QED) is 0.275. The van der Waals surface area contributed by atoms with Gasteiger partial charge in [0.15, 0.2) is 0 Å². The van der Waals surface area contributed by atoms with Gasteiger partial charge in [-0.1, -0.05) is 16.7 Å². The summed E-state index contributed by atoms with van der Waals surface area (Å²) < 4.78 is 0. The van der Waals surface area contributed by atoms with Gasteiger partial charge < -0.3 is 0 Å². The van der Waals surface area contributed by atoms with Crippen LogP contribution in [0.15, 0.2) is 17.4 Å². The molecule has 0 unspecified atom stereocenters. The SMILES string of the molecule is Cc1cnc(Cl)cc1N=[N+]=[N-]. The Bertz CT molecular complexity index is 316. The lowest BCUT2D eigenvalue weighted by Crippen LogP contribution is -1.77. The summed E-state index contributed by atoms with van der Waals surface area (Å²) in [6, 6.07) is 1.52. The van der Waals surface area contributed by atoms with E-state index in [4.69, 9.17) is 17.1 Å². The fraction of sp³-hybridized carbons (Fsp3) is 0.167. The predicted octanol–water partition coefficient (Wildman–Crippen LogP) is 2.99. The van der Waals surface area contributed by atoms with Crippen molar-refractivity contribution in [1.29, 1.82) is 0 Å². The molecule has 4 nitrogen and oxygen atoms in total. The number of pyridine rings is 1. The summed E-state index contributed by atoms with van der Waals surface area (Å²) in [7, 11) is 0. The van der Waals surface area contributed by atoms with Gasteiger partial charge in [0.05, 0.1) is 0 Å². The molecule has 1 heterocycles. The Morgan fingerprint density at radius 2 is 2.45 bits per heavy atom. The maximum absolute atomic E-state index is 8.13. The van der Waals surface area contributed by atoms with E-state index in [0.717, 1.165) is 5.56 Å². The number of halogens is 1. The largest absolute Gasteiger partial charge is 0.244 e. The van der Waals surface area contributed by atoms with Crippen LogP contribution in [0.2, 0.25) is 5.15 Å². The third-order valence-electron chi connectivity index (χ3n) is 1.19. The van der Waals surface area contributed by atoms with Gasteiger partial charge in [-0.05, 0) is 24.1 Å². The molecule has 0 aliphatic rings.